The molecule has 3 heteroatoms. The Kier molecular flexibility index (Phi) is 4.37. The Morgan fingerprint density at radius 3 is 2.75 bits per heavy atom. The molecule has 0 spiro atoms. The van der Waals surface area contributed by atoms with Crippen LogP contribution in [0, 0.1) is 11.7 Å². The van der Waals surface area contributed by atoms with E-state index in [1.807, 2.05) is 12.1 Å². The Morgan fingerprint density at radius 1 is 1.20 bits per heavy atom. The lowest BCUT2D eigenvalue weighted by molar-refractivity contribution is 0.111. The van der Waals surface area contributed by atoms with Gasteiger partial charge in [-0.1, -0.05) is 25.0 Å². The Morgan fingerprint density at radius 2 is 2.00 bits per heavy atom. The summed E-state index contributed by atoms with van der Waals surface area (Å²) >= 11 is 0. The average Bonchev–Trinajstić information content (AvgIpc) is 2.91. The number of rotatable bonds is 3. The van der Waals surface area contributed by atoms with Gasteiger partial charge < -0.3 is 5.73 Å². The summed E-state index contributed by atoms with van der Waals surface area (Å²) in [5.41, 5.74) is 7.36. The van der Waals surface area contributed by atoms with E-state index in [1.54, 1.807) is 6.07 Å². The van der Waals surface area contributed by atoms with Crippen molar-refractivity contribution in [3.05, 3.63) is 35.6 Å². The van der Waals surface area contributed by atoms with Crippen LogP contribution in [0.2, 0.25) is 0 Å². The SMILES string of the molecule is NC1CC(Cc2cccc(F)c2)CN(C2CCCC2)C1. The number of piperidine rings is 1. The van der Waals surface area contributed by atoms with E-state index in [9.17, 15) is 4.39 Å². The molecule has 2 fully saturated rings. The highest BCUT2D eigenvalue weighted by Crippen LogP contribution is 2.29. The van der Waals surface area contributed by atoms with Crippen molar-refractivity contribution < 1.29 is 4.39 Å². The summed E-state index contributed by atoms with van der Waals surface area (Å²) in [6.07, 6.45) is 7.42. The summed E-state index contributed by atoms with van der Waals surface area (Å²) in [4.78, 5) is 2.60. The van der Waals surface area contributed by atoms with Gasteiger partial charge in [-0.25, -0.2) is 4.39 Å². The molecule has 1 aromatic carbocycles. The summed E-state index contributed by atoms with van der Waals surface area (Å²) in [6, 6.07) is 8.05. The van der Waals surface area contributed by atoms with Crippen molar-refractivity contribution >= 4 is 0 Å². The minimum atomic E-state index is -0.129. The number of hydrogen-bond acceptors (Lipinski definition) is 2. The molecular formula is C17H25FN2. The lowest BCUT2D eigenvalue weighted by Crippen LogP contribution is -2.50. The first-order valence-corrected chi connectivity index (χ1v) is 7.95. The van der Waals surface area contributed by atoms with E-state index in [1.165, 1.54) is 31.7 Å². The largest absolute Gasteiger partial charge is 0.327 e. The molecule has 2 N–H and O–H groups in total. The quantitative estimate of drug-likeness (QED) is 0.919. The van der Waals surface area contributed by atoms with Crippen LogP contribution in [-0.2, 0) is 6.42 Å². The van der Waals surface area contributed by atoms with Gasteiger partial charge in [-0.05, 0) is 49.3 Å². The Labute approximate surface area is 121 Å². The van der Waals surface area contributed by atoms with Crippen molar-refractivity contribution in [2.75, 3.05) is 13.1 Å². The van der Waals surface area contributed by atoms with E-state index in [2.05, 4.69) is 4.90 Å². The topological polar surface area (TPSA) is 29.3 Å². The number of halogens is 1. The van der Waals surface area contributed by atoms with Gasteiger partial charge in [-0.3, -0.25) is 4.90 Å². The van der Waals surface area contributed by atoms with Crippen molar-refractivity contribution in [2.24, 2.45) is 11.7 Å². The van der Waals surface area contributed by atoms with Gasteiger partial charge in [0, 0.05) is 25.2 Å². The third-order valence-corrected chi connectivity index (χ3v) is 4.85. The van der Waals surface area contributed by atoms with E-state index in [0.29, 0.717) is 5.92 Å². The monoisotopic (exact) mass is 276 g/mol. The van der Waals surface area contributed by atoms with Crippen LogP contribution in [0.4, 0.5) is 4.39 Å². The molecule has 2 aliphatic rings. The lowest BCUT2D eigenvalue weighted by atomic mass is 9.88. The second-order valence-corrected chi connectivity index (χ2v) is 6.59. The number of nitrogens with two attached hydrogens (primary N) is 1. The molecule has 1 heterocycles. The van der Waals surface area contributed by atoms with E-state index in [4.69, 9.17) is 5.73 Å². The predicted molar refractivity (Wildman–Crippen MR) is 80.0 cm³/mol. The maximum Gasteiger partial charge on any atom is 0.123 e. The summed E-state index contributed by atoms with van der Waals surface area (Å²) in [7, 11) is 0. The molecule has 2 unspecified atom stereocenters. The van der Waals surface area contributed by atoms with Crippen LogP contribution in [0.5, 0.6) is 0 Å². The molecule has 1 saturated carbocycles. The van der Waals surface area contributed by atoms with Crippen molar-refractivity contribution in [2.45, 2.75) is 50.6 Å². The van der Waals surface area contributed by atoms with Crippen molar-refractivity contribution in [1.82, 2.24) is 4.90 Å². The highest BCUT2D eigenvalue weighted by Gasteiger charge is 2.31. The van der Waals surface area contributed by atoms with Crippen molar-refractivity contribution in [3.8, 4) is 0 Å². The van der Waals surface area contributed by atoms with Crippen LogP contribution in [-0.4, -0.2) is 30.1 Å². The molecule has 0 aromatic heterocycles. The summed E-state index contributed by atoms with van der Waals surface area (Å²) in [5, 5.41) is 0. The summed E-state index contributed by atoms with van der Waals surface area (Å²) < 4.78 is 13.3. The van der Waals surface area contributed by atoms with E-state index in [-0.39, 0.29) is 11.9 Å². The standard InChI is InChI=1S/C17H25FN2/c18-15-5-3-4-13(9-15)8-14-10-16(19)12-20(11-14)17-6-1-2-7-17/h3-5,9,14,16-17H,1-2,6-8,10-12,19H2. The van der Waals surface area contributed by atoms with Crippen molar-refractivity contribution in [3.63, 3.8) is 0 Å². The minimum absolute atomic E-state index is 0.129. The molecule has 2 atom stereocenters. The zero-order valence-electron chi connectivity index (χ0n) is 12.1. The van der Waals surface area contributed by atoms with Gasteiger partial charge in [0.25, 0.3) is 0 Å². The Hall–Kier alpha value is -0.930. The van der Waals surface area contributed by atoms with Crippen LogP contribution in [0.1, 0.15) is 37.7 Å². The van der Waals surface area contributed by atoms with E-state index in [0.717, 1.165) is 37.5 Å². The molecule has 0 amide bonds. The molecule has 1 aromatic rings. The number of nitrogens with zero attached hydrogens (tertiary/aromatic N) is 1. The van der Waals surface area contributed by atoms with E-state index >= 15 is 0 Å². The molecular weight excluding hydrogens is 251 g/mol. The Bertz CT molecular complexity index is 442. The first-order valence-electron chi connectivity index (χ1n) is 7.95. The maximum absolute atomic E-state index is 13.3. The fraction of sp³-hybridized carbons (Fsp3) is 0.647. The van der Waals surface area contributed by atoms with Crippen molar-refractivity contribution in [1.29, 1.82) is 0 Å². The maximum atomic E-state index is 13.3. The van der Waals surface area contributed by atoms with E-state index < -0.39 is 0 Å². The lowest BCUT2D eigenvalue weighted by Gasteiger charge is -2.40. The molecule has 1 saturated heterocycles. The molecule has 0 bridgehead atoms. The predicted octanol–water partition coefficient (Wildman–Crippen LogP) is 2.96. The van der Waals surface area contributed by atoms with Gasteiger partial charge in [0.15, 0.2) is 0 Å². The number of likely N-dealkylation sites (tertiary alicyclic amines) is 1. The first-order chi connectivity index (χ1) is 9.70. The van der Waals surface area contributed by atoms with Gasteiger partial charge in [0.05, 0.1) is 0 Å². The van der Waals surface area contributed by atoms with Gasteiger partial charge in [0.1, 0.15) is 5.82 Å². The third kappa shape index (κ3) is 3.39. The highest BCUT2D eigenvalue weighted by atomic mass is 19.1. The fourth-order valence-corrected chi connectivity index (χ4v) is 4.00. The third-order valence-electron chi connectivity index (χ3n) is 4.85. The highest BCUT2D eigenvalue weighted by molar-refractivity contribution is 5.17. The normalized spacial score (nSPS) is 28.9. The number of benzene rings is 1. The summed E-state index contributed by atoms with van der Waals surface area (Å²) in [5.74, 6) is 0.441. The van der Waals surface area contributed by atoms with Gasteiger partial charge in [0.2, 0.25) is 0 Å². The van der Waals surface area contributed by atoms with Gasteiger partial charge >= 0.3 is 0 Å². The first kappa shape index (κ1) is 14.0. The van der Waals surface area contributed by atoms with Gasteiger partial charge in [-0.15, -0.1) is 0 Å². The Balaban J connectivity index is 1.63. The van der Waals surface area contributed by atoms with Crippen LogP contribution in [0.25, 0.3) is 0 Å². The molecule has 20 heavy (non-hydrogen) atoms. The summed E-state index contributed by atoms with van der Waals surface area (Å²) in [6.45, 7) is 2.18. The number of hydrogen-bond donors (Lipinski definition) is 1. The zero-order chi connectivity index (χ0) is 13.9. The smallest absolute Gasteiger partial charge is 0.123 e. The molecule has 110 valence electrons. The van der Waals surface area contributed by atoms with Gasteiger partial charge in [-0.2, -0.15) is 0 Å². The second-order valence-electron chi connectivity index (χ2n) is 6.59. The van der Waals surface area contributed by atoms with Crippen LogP contribution >= 0.6 is 0 Å². The molecule has 2 nitrogen and oxygen atoms in total. The fourth-order valence-electron chi connectivity index (χ4n) is 4.00. The second kappa shape index (κ2) is 6.23. The molecule has 3 rings (SSSR count). The molecule has 0 radical (unpaired) electrons. The zero-order valence-corrected chi connectivity index (χ0v) is 12.1. The minimum Gasteiger partial charge on any atom is -0.327 e. The molecule has 1 aliphatic carbocycles. The van der Waals surface area contributed by atoms with Crippen LogP contribution in [0.3, 0.4) is 0 Å². The van der Waals surface area contributed by atoms with Crippen LogP contribution < -0.4 is 5.73 Å². The molecule has 1 aliphatic heterocycles. The average molecular weight is 276 g/mol. The van der Waals surface area contributed by atoms with Crippen LogP contribution in [0.15, 0.2) is 24.3 Å².